The summed E-state index contributed by atoms with van der Waals surface area (Å²) in [5.74, 6) is 1.84. The number of benzene rings is 1. The van der Waals surface area contributed by atoms with E-state index in [-0.39, 0.29) is 6.54 Å². The van der Waals surface area contributed by atoms with Gasteiger partial charge in [0, 0.05) is 10.9 Å². The molecule has 0 amide bonds. The molecule has 1 aromatic carbocycles. The monoisotopic (exact) mass is 261 g/mol. The number of hydrogen-bond acceptors (Lipinski definition) is 6. The normalized spacial score (nSPS) is 11.0. The molecule has 0 atom stereocenters. The number of hydrogen-bond donors (Lipinski definition) is 1. The molecule has 0 fully saturated rings. The average Bonchev–Trinajstić information content (AvgIpc) is 3.06. The van der Waals surface area contributed by atoms with Crippen LogP contribution in [0.15, 0.2) is 28.1 Å². The van der Waals surface area contributed by atoms with Crippen LogP contribution in [0.2, 0.25) is 0 Å². The van der Waals surface area contributed by atoms with Crippen molar-refractivity contribution < 1.29 is 9.26 Å². The molecule has 0 aliphatic heterocycles. The highest BCUT2D eigenvalue weighted by Crippen LogP contribution is 2.36. The summed E-state index contributed by atoms with van der Waals surface area (Å²) in [7, 11) is 1.66. The van der Waals surface area contributed by atoms with E-state index in [0.717, 1.165) is 21.4 Å². The zero-order valence-electron chi connectivity index (χ0n) is 9.71. The van der Waals surface area contributed by atoms with E-state index in [4.69, 9.17) is 15.0 Å². The largest absolute Gasteiger partial charge is 0.495 e. The lowest BCUT2D eigenvalue weighted by Gasteiger charge is -2.03. The fourth-order valence-electron chi connectivity index (χ4n) is 1.84. The number of methoxy groups -OCH3 is 1. The molecule has 0 saturated carbocycles. The van der Waals surface area contributed by atoms with Gasteiger partial charge >= 0.3 is 0 Å². The molecule has 6 heteroatoms. The van der Waals surface area contributed by atoms with Gasteiger partial charge in [0.1, 0.15) is 5.75 Å². The van der Waals surface area contributed by atoms with E-state index in [2.05, 4.69) is 10.1 Å². The van der Waals surface area contributed by atoms with E-state index in [1.165, 1.54) is 0 Å². The first kappa shape index (κ1) is 11.2. The van der Waals surface area contributed by atoms with Gasteiger partial charge in [0.15, 0.2) is 0 Å². The van der Waals surface area contributed by atoms with Crippen LogP contribution in [0.3, 0.4) is 0 Å². The maximum atomic E-state index is 5.47. The molecular formula is C12H11N3O2S. The van der Waals surface area contributed by atoms with Crippen molar-refractivity contribution in [1.29, 1.82) is 0 Å². The van der Waals surface area contributed by atoms with Crippen LogP contribution in [0, 0.1) is 0 Å². The zero-order valence-corrected chi connectivity index (χ0v) is 10.5. The molecule has 0 aliphatic carbocycles. The van der Waals surface area contributed by atoms with E-state index in [1.807, 2.05) is 23.6 Å². The highest BCUT2D eigenvalue weighted by Gasteiger charge is 2.14. The Morgan fingerprint density at radius 3 is 3.00 bits per heavy atom. The summed E-state index contributed by atoms with van der Waals surface area (Å²) in [6.45, 7) is 0.246. The molecule has 92 valence electrons. The number of rotatable bonds is 3. The summed E-state index contributed by atoms with van der Waals surface area (Å²) in [4.78, 5) is 4.25. The lowest BCUT2D eigenvalue weighted by atomic mass is 10.1. The van der Waals surface area contributed by atoms with Gasteiger partial charge in [0.2, 0.25) is 11.7 Å². The van der Waals surface area contributed by atoms with Gasteiger partial charge < -0.3 is 15.0 Å². The molecule has 2 aromatic heterocycles. The van der Waals surface area contributed by atoms with Gasteiger partial charge in [-0.15, -0.1) is 11.3 Å². The van der Waals surface area contributed by atoms with Crippen LogP contribution in [0.1, 0.15) is 5.89 Å². The summed E-state index contributed by atoms with van der Waals surface area (Å²) in [6, 6.07) is 5.86. The third kappa shape index (κ3) is 1.66. The number of fused-ring (bicyclic) bond motifs is 1. The van der Waals surface area contributed by atoms with Gasteiger partial charge in [-0.3, -0.25) is 0 Å². The predicted molar refractivity (Wildman–Crippen MR) is 69.6 cm³/mol. The molecule has 0 aliphatic rings. The molecule has 0 radical (unpaired) electrons. The number of aromatic nitrogens is 2. The number of nitrogens with two attached hydrogens (primary N) is 1. The lowest BCUT2D eigenvalue weighted by molar-refractivity contribution is 0.380. The Hall–Kier alpha value is -1.92. The second kappa shape index (κ2) is 4.40. The molecule has 2 N–H and O–H groups in total. The Bertz CT molecular complexity index is 690. The van der Waals surface area contributed by atoms with Crippen molar-refractivity contribution in [2.24, 2.45) is 5.73 Å². The molecule has 5 nitrogen and oxygen atoms in total. The number of nitrogens with zero attached hydrogens (tertiary/aromatic N) is 2. The fourth-order valence-corrected chi connectivity index (χ4v) is 2.75. The zero-order chi connectivity index (χ0) is 12.5. The Balaban J connectivity index is 2.20. The van der Waals surface area contributed by atoms with E-state index in [0.29, 0.717) is 11.7 Å². The Kier molecular flexibility index (Phi) is 2.73. The van der Waals surface area contributed by atoms with Crippen LogP contribution in [0.4, 0.5) is 0 Å². The highest BCUT2D eigenvalue weighted by molar-refractivity contribution is 7.17. The van der Waals surface area contributed by atoms with Gasteiger partial charge in [-0.1, -0.05) is 5.16 Å². The van der Waals surface area contributed by atoms with Gasteiger partial charge in [-0.05, 0) is 23.6 Å². The van der Waals surface area contributed by atoms with Crippen LogP contribution in [0.25, 0.3) is 21.5 Å². The van der Waals surface area contributed by atoms with Gasteiger partial charge in [0.25, 0.3) is 0 Å². The molecule has 0 bridgehead atoms. The molecular weight excluding hydrogens is 250 g/mol. The molecule has 0 unspecified atom stereocenters. The summed E-state index contributed by atoms with van der Waals surface area (Å²) in [6.07, 6.45) is 0. The maximum absolute atomic E-state index is 5.47. The van der Waals surface area contributed by atoms with Crippen LogP contribution in [-0.2, 0) is 6.54 Å². The third-order valence-electron chi connectivity index (χ3n) is 2.68. The van der Waals surface area contributed by atoms with Crippen LogP contribution < -0.4 is 10.5 Å². The molecule has 0 saturated heterocycles. The van der Waals surface area contributed by atoms with Crippen LogP contribution in [0.5, 0.6) is 5.75 Å². The smallest absolute Gasteiger partial charge is 0.240 e. The number of ether oxygens (including phenoxy) is 1. The van der Waals surface area contributed by atoms with E-state index < -0.39 is 0 Å². The van der Waals surface area contributed by atoms with Crippen LogP contribution >= 0.6 is 11.3 Å². The second-order valence-corrected chi connectivity index (χ2v) is 4.61. The number of thiophene rings is 1. The van der Waals surface area contributed by atoms with Crippen molar-refractivity contribution in [3.63, 3.8) is 0 Å². The van der Waals surface area contributed by atoms with Crippen molar-refractivity contribution in [2.75, 3.05) is 7.11 Å². The Morgan fingerprint density at radius 2 is 2.28 bits per heavy atom. The quantitative estimate of drug-likeness (QED) is 0.783. The van der Waals surface area contributed by atoms with Gasteiger partial charge in [-0.25, -0.2) is 0 Å². The first-order chi connectivity index (χ1) is 8.83. The van der Waals surface area contributed by atoms with Crippen LogP contribution in [-0.4, -0.2) is 17.3 Å². The predicted octanol–water partition coefficient (Wildman–Crippen LogP) is 2.42. The summed E-state index contributed by atoms with van der Waals surface area (Å²) < 4.78 is 11.4. The highest BCUT2D eigenvalue weighted by atomic mass is 32.1. The van der Waals surface area contributed by atoms with Gasteiger partial charge in [0.05, 0.1) is 18.4 Å². The molecule has 3 aromatic rings. The van der Waals surface area contributed by atoms with E-state index in [9.17, 15) is 0 Å². The van der Waals surface area contributed by atoms with Crippen molar-refractivity contribution in [3.8, 4) is 17.1 Å². The van der Waals surface area contributed by atoms with E-state index >= 15 is 0 Å². The minimum atomic E-state index is 0.246. The lowest BCUT2D eigenvalue weighted by Crippen LogP contribution is -1.95. The SMILES string of the molecule is COc1ccc(-c2noc(CN)n2)c2ccsc12. The standard InChI is InChI=1S/C12H11N3O2S/c1-16-9-3-2-8(7-4-5-18-11(7)9)12-14-10(6-13)17-15-12/h2-5H,6,13H2,1H3. The topological polar surface area (TPSA) is 74.2 Å². The van der Waals surface area contributed by atoms with Crippen molar-refractivity contribution in [1.82, 2.24) is 10.1 Å². The molecule has 2 heterocycles. The van der Waals surface area contributed by atoms with Gasteiger partial charge in [-0.2, -0.15) is 4.98 Å². The first-order valence-electron chi connectivity index (χ1n) is 5.40. The second-order valence-electron chi connectivity index (χ2n) is 3.69. The minimum Gasteiger partial charge on any atom is -0.495 e. The third-order valence-corrected chi connectivity index (χ3v) is 3.61. The summed E-state index contributed by atoms with van der Waals surface area (Å²) in [5.41, 5.74) is 6.39. The summed E-state index contributed by atoms with van der Waals surface area (Å²) in [5, 5.41) is 7.01. The fraction of sp³-hybridized carbons (Fsp3) is 0.167. The molecule has 3 rings (SSSR count). The van der Waals surface area contributed by atoms with Crippen molar-refractivity contribution in [3.05, 3.63) is 29.5 Å². The Morgan fingerprint density at radius 1 is 1.39 bits per heavy atom. The first-order valence-corrected chi connectivity index (χ1v) is 6.28. The van der Waals surface area contributed by atoms with E-state index in [1.54, 1.807) is 18.4 Å². The summed E-state index contributed by atoms with van der Waals surface area (Å²) >= 11 is 1.62. The van der Waals surface area contributed by atoms with Crippen molar-refractivity contribution in [2.45, 2.75) is 6.54 Å². The Labute approximate surface area is 107 Å². The molecule has 18 heavy (non-hydrogen) atoms. The van der Waals surface area contributed by atoms with Crippen molar-refractivity contribution >= 4 is 21.4 Å². The minimum absolute atomic E-state index is 0.246. The maximum Gasteiger partial charge on any atom is 0.240 e. The average molecular weight is 261 g/mol. The molecule has 0 spiro atoms.